The van der Waals surface area contributed by atoms with Crippen LogP contribution in [0.1, 0.15) is 19.4 Å². The molecule has 3 rings (SSSR count). The Hall–Kier alpha value is -3.13. The summed E-state index contributed by atoms with van der Waals surface area (Å²) >= 11 is 4.13. The molecule has 170 valence electrons. The van der Waals surface area contributed by atoms with Crippen LogP contribution in [0.2, 0.25) is 0 Å². The molecule has 2 amide bonds. The number of nitrogens with one attached hydrogen (secondary N) is 1. The van der Waals surface area contributed by atoms with E-state index in [2.05, 4.69) is 21.2 Å². The molecule has 14 heteroatoms. The van der Waals surface area contributed by atoms with E-state index in [0.29, 0.717) is 0 Å². The Morgan fingerprint density at radius 1 is 1.38 bits per heavy atom. The molecule has 3 atom stereocenters. The maximum atomic E-state index is 12.6. The van der Waals surface area contributed by atoms with Crippen molar-refractivity contribution in [2.75, 3.05) is 0 Å². The number of carbonyl (C=O) groups excluding carboxylic acids is 3. The van der Waals surface area contributed by atoms with Crippen LogP contribution in [0.3, 0.4) is 0 Å². The number of β-lactam (4-membered cyclic amide) rings is 1. The number of nitrogens with zero attached hydrogens (tertiary/aromatic N) is 2. The number of carboxylic acid groups (broad SMARTS) is 1. The molecule has 0 saturated carbocycles. The molecular formula is C18H16BrN3O9S. The molecule has 3 N–H and O–H groups in total. The normalized spacial score (nSPS) is 22.0. The Morgan fingerprint density at radius 3 is 2.59 bits per heavy atom. The van der Waals surface area contributed by atoms with Crippen LogP contribution in [0.4, 0.5) is 5.69 Å². The Kier molecular flexibility index (Phi) is 6.46. The van der Waals surface area contributed by atoms with E-state index in [1.54, 1.807) is 6.92 Å². The summed E-state index contributed by atoms with van der Waals surface area (Å²) in [6, 6.07) is 1.35. The molecule has 2 unspecified atom stereocenters. The monoisotopic (exact) mass is 529 g/mol. The van der Waals surface area contributed by atoms with Gasteiger partial charge in [0.15, 0.2) is 11.5 Å². The minimum atomic E-state index is -1.45. The number of hydrogen-bond acceptors (Lipinski definition) is 9. The Bertz CT molecular complexity index is 1090. The smallest absolute Gasteiger partial charge is 0.356 e. The summed E-state index contributed by atoms with van der Waals surface area (Å²) in [6.07, 6.45) is -0.323. The lowest BCUT2D eigenvalue weighted by molar-refractivity contribution is -0.386. The number of aliphatic carboxylic acids is 1. The van der Waals surface area contributed by atoms with Gasteiger partial charge in [-0.1, -0.05) is 0 Å². The average Bonchev–Trinajstić information content (AvgIpc) is 2.69. The molecule has 0 spiro atoms. The second kappa shape index (κ2) is 8.78. The molecule has 0 aliphatic carbocycles. The van der Waals surface area contributed by atoms with Crippen molar-refractivity contribution in [1.29, 1.82) is 0 Å². The van der Waals surface area contributed by atoms with Crippen molar-refractivity contribution in [3.63, 3.8) is 0 Å². The number of rotatable bonds is 6. The zero-order valence-electron chi connectivity index (χ0n) is 16.5. The Balaban J connectivity index is 1.77. The number of nitro groups is 1. The number of amides is 2. The van der Waals surface area contributed by atoms with Gasteiger partial charge in [-0.25, -0.2) is 4.79 Å². The van der Waals surface area contributed by atoms with Gasteiger partial charge in [0.2, 0.25) is 11.7 Å². The van der Waals surface area contributed by atoms with Crippen LogP contribution < -0.4 is 5.32 Å². The van der Waals surface area contributed by atoms with Crippen LogP contribution in [-0.4, -0.2) is 60.5 Å². The van der Waals surface area contributed by atoms with Gasteiger partial charge in [-0.3, -0.25) is 29.4 Å². The van der Waals surface area contributed by atoms with Gasteiger partial charge in [0.05, 0.1) is 21.1 Å². The fraction of sp³-hybridized carbons (Fsp3) is 0.333. The summed E-state index contributed by atoms with van der Waals surface area (Å²) in [6.45, 7) is 2.72. The molecular weight excluding hydrogens is 514 g/mol. The fourth-order valence-corrected chi connectivity index (χ4v) is 5.21. The van der Waals surface area contributed by atoms with Gasteiger partial charge in [-0.15, -0.1) is 11.8 Å². The van der Waals surface area contributed by atoms with Gasteiger partial charge in [-0.2, -0.15) is 0 Å². The SMILES string of the molecule is CC(=O)OC1=C(C(=O)O)N2C(=O)C(NC(=O)Cc3cc(Br)c(O)c([N+](=O)[O-])c3)[C@H]2SC1C. The van der Waals surface area contributed by atoms with Gasteiger partial charge in [-0.05, 0) is 34.5 Å². The van der Waals surface area contributed by atoms with E-state index in [4.69, 9.17) is 4.74 Å². The van der Waals surface area contributed by atoms with E-state index in [-0.39, 0.29) is 22.2 Å². The highest BCUT2D eigenvalue weighted by Crippen LogP contribution is 2.44. The number of thioether (sulfide) groups is 1. The average molecular weight is 530 g/mol. The zero-order valence-corrected chi connectivity index (χ0v) is 18.9. The van der Waals surface area contributed by atoms with Crippen LogP contribution >= 0.6 is 27.7 Å². The largest absolute Gasteiger partial charge is 0.501 e. The highest BCUT2D eigenvalue weighted by molar-refractivity contribution is 9.10. The molecule has 32 heavy (non-hydrogen) atoms. The molecule has 1 saturated heterocycles. The van der Waals surface area contributed by atoms with Crippen LogP contribution in [-0.2, 0) is 30.3 Å². The quantitative estimate of drug-likeness (QED) is 0.210. The summed E-state index contributed by atoms with van der Waals surface area (Å²) < 4.78 is 5.04. The van der Waals surface area contributed by atoms with Crippen molar-refractivity contribution in [2.45, 2.75) is 36.9 Å². The van der Waals surface area contributed by atoms with Crippen LogP contribution in [0.25, 0.3) is 0 Å². The lowest BCUT2D eigenvalue weighted by Crippen LogP contribution is -2.71. The zero-order chi connectivity index (χ0) is 23.9. The molecule has 1 aromatic rings. The summed E-state index contributed by atoms with van der Waals surface area (Å²) in [5.74, 6) is -4.22. The molecule has 0 radical (unpaired) electrons. The molecule has 12 nitrogen and oxygen atoms in total. The molecule has 0 aromatic heterocycles. The van der Waals surface area contributed by atoms with Crippen molar-refractivity contribution in [2.24, 2.45) is 0 Å². The maximum Gasteiger partial charge on any atom is 0.356 e. The molecule has 1 fully saturated rings. The molecule has 1 aromatic carbocycles. The first-order chi connectivity index (χ1) is 14.9. The third kappa shape index (κ3) is 4.27. The van der Waals surface area contributed by atoms with Crippen LogP contribution in [0.5, 0.6) is 5.75 Å². The number of esters is 1. The summed E-state index contributed by atoms with van der Waals surface area (Å²) in [4.78, 5) is 59.3. The predicted molar refractivity (Wildman–Crippen MR) is 112 cm³/mol. The number of ether oxygens (including phenoxy) is 1. The van der Waals surface area contributed by atoms with E-state index in [0.717, 1.165) is 29.7 Å². The van der Waals surface area contributed by atoms with Crippen molar-refractivity contribution < 1.29 is 39.1 Å². The number of fused-ring (bicyclic) bond motifs is 1. The number of halogens is 1. The van der Waals surface area contributed by atoms with Gasteiger partial charge in [0.1, 0.15) is 11.4 Å². The highest BCUT2D eigenvalue weighted by atomic mass is 79.9. The summed E-state index contributed by atoms with van der Waals surface area (Å²) in [5.41, 5.74) is -0.820. The second-order valence-electron chi connectivity index (χ2n) is 6.91. The van der Waals surface area contributed by atoms with Crippen LogP contribution in [0, 0.1) is 10.1 Å². The van der Waals surface area contributed by atoms with Gasteiger partial charge in [0.25, 0.3) is 5.91 Å². The van der Waals surface area contributed by atoms with Crippen molar-refractivity contribution in [1.82, 2.24) is 10.2 Å². The van der Waals surface area contributed by atoms with Crippen LogP contribution in [0.15, 0.2) is 28.1 Å². The summed E-state index contributed by atoms with van der Waals surface area (Å²) in [5, 5.41) is 31.5. The third-order valence-corrected chi connectivity index (χ3v) is 6.66. The number of hydrogen-bond donors (Lipinski definition) is 3. The standard InChI is InChI=1S/C18H16BrN3O9S/c1-6-15(31-7(2)23)13(18(27)28)21-16(26)12(17(21)32-6)20-11(24)5-8-3-9(19)14(25)10(4-8)22(29)30/h3-4,6,12,17,25H,5H2,1-2H3,(H,20,24)(H,27,28)/t6?,12?,17-/m1/s1. The predicted octanol–water partition coefficient (Wildman–Crippen LogP) is 1.25. The summed E-state index contributed by atoms with van der Waals surface area (Å²) in [7, 11) is 0. The van der Waals surface area contributed by atoms with E-state index >= 15 is 0 Å². The number of nitro benzene ring substituents is 1. The van der Waals surface area contributed by atoms with E-state index < -0.39 is 62.5 Å². The maximum absolute atomic E-state index is 12.6. The topological polar surface area (TPSA) is 176 Å². The molecule has 2 heterocycles. The second-order valence-corrected chi connectivity index (χ2v) is 9.23. The lowest BCUT2D eigenvalue weighted by Gasteiger charge is -2.50. The number of phenols is 1. The number of carbonyl (C=O) groups is 4. The van der Waals surface area contributed by atoms with E-state index in [1.165, 1.54) is 6.07 Å². The van der Waals surface area contributed by atoms with E-state index in [1.807, 2.05) is 0 Å². The fourth-order valence-electron chi connectivity index (χ4n) is 3.34. The number of carboxylic acids is 1. The lowest BCUT2D eigenvalue weighted by atomic mass is 10.0. The van der Waals surface area contributed by atoms with Crippen molar-refractivity contribution in [3.8, 4) is 5.75 Å². The first-order valence-corrected chi connectivity index (χ1v) is 10.8. The van der Waals surface area contributed by atoms with Gasteiger partial charge in [0, 0.05) is 13.0 Å². The molecule has 2 aliphatic rings. The molecule has 2 aliphatic heterocycles. The number of benzene rings is 1. The van der Waals surface area contributed by atoms with Gasteiger partial charge < -0.3 is 20.3 Å². The number of phenolic OH excluding ortho intramolecular Hbond substituents is 1. The van der Waals surface area contributed by atoms with Crippen molar-refractivity contribution in [3.05, 3.63) is 43.7 Å². The van der Waals surface area contributed by atoms with Crippen molar-refractivity contribution >= 4 is 57.1 Å². The highest BCUT2D eigenvalue weighted by Gasteiger charge is 2.56. The first-order valence-electron chi connectivity index (χ1n) is 9.02. The minimum absolute atomic E-state index is 0.0336. The first kappa shape index (κ1) is 23.5. The third-order valence-electron chi connectivity index (χ3n) is 4.67. The minimum Gasteiger partial charge on any atom is -0.501 e. The van der Waals surface area contributed by atoms with Gasteiger partial charge >= 0.3 is 17.6 Å². The number of aromatic hydroxyl groups is 1. The Labute approximate surface area is 192 Å². The Morgan fingerprint density at radius 2 is 2.03 bits per heavy atom. The van der Waals surface area contributed by atoms with E-state index in [9.17, 15) is 39.5 Å². The molecule has 0 bridgehead atoms.